The van der Waals surface area contributed by atoms with Gasteiger partial charge in [0.2, 0.25) is 0 Å². The molecule has 2 heterocycles. The monoisotopic (exact) mass is 804 g/mol. The molecule has 0 aliphatic rings. The largest absolute Gasteiger partial charge is 0.456 e. The van der Waals surface area contributed by atoms with E-state index in [0.717, 1.165) is 72.5 Å². The van der Waals surface area contributed by atoms with Crippen LogP contribution in [0.25, 0.3) is 93.9 Å². The van der Waals surface area contributed by atoms with Gasteiger partial charge < -0.3 is 13.9 Å². The summed E-state index contributed by atoms with van der Waals surface area (Å²) in [6.07, 6.45) is 0. The van der Waals surface area contributed by atoms with Gasteiger partial charge in [-0.05, 0) is 129 Å². The fourth-order valence-corrected chi connectivity index (χ4v) is 9.30. The van der Waals surface area contributed by atoms with E-state index in [9.17, 15) is 0 Å². The Morgan fingerprint density at radius 3 is 1.30 bits per heavy atom. The van der Waals surface area contributed by atoms with Crippen LogP contribution in [0.4, 0.5) is 17.1 Å². The SMILES string of the molecule is c1ccc(-c2ccc(N(c3ccc(-c4cccc(-c5ccc6c(c5)oc5ccccc56)c4)cc3)c3ccc(-c4cccc(-n5c6ccccc6c6ccccc65)c4)cc3)cc2)cc1. The molecule has 2 aromatic heterocycles. The van der Waals surface area contributed by atoms with Gasteiger partial charge in [-0.2, -0.15) is 0 Å². The summed E-state index contributed by atoms with van der Waals surface area (Å²) in [5, 5.41) is 4.81. The molecule has 63 heavy (non-hydrogen) atoms. The van der Waals surface area contributed by atoms with Gasteiger partial charge in [-0.1, -0.05) is 158 Å². The molecule has 12 rings (SSSR count). The van der Waals surface area contributed by atoms with Crippen LogP contribution >= 0.6 is 0 Å². The Kier molecular flexibility index (Phi) is 8.83. The third kappa shape index (κ3) is 6.55. The van der Waals surface area contributed by atoms with Crippen molar-refractivity contribution in [3.63, 3.8) is 0 Å². The van der Waals surface area contributed by atoms with Crippen LogP contribution in [0.15, 0.2) is 247 Å². The number of rotatable bonds is 8. The maximum atomic E-state index is 6.23. The van der Waals surface area contributed by atoms with Crippen molar-refractivity contribution in [2.24, 2.45) is 0 Å². The Hall–Kier alpha value is -8.40. The molecule has 0 aliphatic carbocycles. The molecule has 10 aromatic carbocycles. The van der Waals surface area contributed by atoms with Crippen LogP contribution in [0.5, 0.6) is 0 Å². The van der Waals surface area contributed by atoms with Gasteiger partial charge in [0.05, 0.1) is 11.0 Å². The Balaban J connectivity index is 0.885. The van der Waals surface area contributed by atoms with Gasteiger partial charge in [0.15, 0.2) is 0 Å². The lowest BCUT2D eigenvalue weighted by atomic mass is 9.98. The molecular formula is C60H40N2O. The number of para-hydroxylation sites is 3. The molecule has 12 aromatic rings. The molecule has 0 saturated heterocycles. The summed E-state index contributed by atoms with van der Waals surface area (Å²) in [4.78, 5) is 2.34. The number of hydrogen-bond donors (Lipinski definition) is 0. The smallest absolute Gasteiger partial charge is 0.136 e. The topological polar surface area (TPSA) is 21.3 Å². The van der Waals surface area contributed by atoms with Crippen molar-refractivity contribution in [3.05, 3.63) is 243 Å². The number of nitrogens with zero attached hydrogens (tertiary/aromatic N) is 2. The van der Waals surface area contributed by atoms with E-state index in [-0.39, 0.29) is 0 Å². The van der Waals surface area contributed by atoms with Gasteiger partial charge in [0.1, 0.15) is 11.2 Å². The second-order valence-electron chi connectivity index (χ2n) is 16.2. The molecule has 296 valence electrons. The summed E-state index contributed by atoms with van der Waals surface area (Å²) in [7, 11) is 0. The van der Waals surface area contributed by atoms with E-state index in [2.05, 4.69) is 240 Å². The van der Waals surface area contributed by atoms with Crippen LogP contribution in [0, 0.1) is 0 Å². The van der Waals surface area contributed by atoms with E-state index in [0.29, 0.717) is 0 Å². The minimum absolute atomic E-state index is 0.904. The van der Waals surface area contributed by atoms with Crippen LogP contribution < -0.4 is 4.90 Å². The average molecular weight is 805 g/mol. The van der Waals surface area contributed by atoms with Gasteiger partial charge in [-0.25, -0.2) is 0 Å². The maximum Gasteiger partial charge on any atom is 0.136 e. The number of anilines is 3. The van der Waals surface area contributed by atoms with Crippen molar-refractivity contribution in [2.75, 3.05) is 4.90 Å². The molecular weight excluding hydrogens is 765 g/mol. The van der Waals surface area contributed by atoms with Crippen molar-refractivity contribution < 1.29 is 4.42 Å². The summed E-state index contributed by atoms with van der Waals surface area (Å²) in [6, 6.07) is 87.1. The second kappa shape index (κ2) is 15.3. The van der Waals surface area contributed by atoms with Gasteiger partial charge >= 0.3 is 0 Å². The highest BCUT2D eigenvalue weighted by atomic mass is 16.3. The minimum atomic E-state index is 0.904. The molecule has 0 atom stereocenters. The van der Waals surface area contributed by atoms with E-state index >= 15 is 0 Å². The molecule has 0 unspecified atom stereocenters. The fraction of sp³-hybridized carbons (Fsp3) is 0. The summed E-state index contributed by atoms with van der Waals surface area (Å²) in [6.45, 7) is 0. The molecule has 3 heteroatoms. The molecule has 0 saturated carbocycles. The van der Waals surface area contributed by atoms with E-state index < -0.39 is 0 Å². The number of hydrogen-bond acceptors (Lipinski definition) is 2. The predicted octanol–water partition coefficient (Wildman–Crippen LogP) is 16.8. The molecule has 0 bridgehead atoms. The normalized spacial score (nSPS) is 11.5. The number of fused-ring (bicyclic) bond motifs is 6. The van der Waals surface area contributed by atoms with Gasteiger partial charge in [0.25, 0.3) is 0 Å². The Morgan fingerprint density at radius 1 is 0.270 bits per heavy atom. The zero-order valence-corrected chi connectivity index (χ0v) is 34.4. The molecule has 0 spiro atoms. The van der Waals surface area contributed by atoms with Gasteiger partial charge in [0, 0.05) is 44.3 Å². The Morgan fingerprint density at radius 2 is 0.683 bits per heavy atom. The Bertz CT molecular complexity index is 3550. The first-order chi connectivity index (χ1) is 31.2. The first kappa shape index (κ1) is 36.5. The lowest BCUT2D eigenvalue weighted by Crippen LogP contribution is -2.09. The second-order valence-corrected chi connectivity index (χ2v) is 16.2. The van der Waals surface area contributed by atoms with Crippen LogP contribution in [0.1, 0.15) is 0 Å². The summed E-state index contributed by atoms with van der Waals surface area (Å²) >= 11 is 0. The van der Waals surface area contributed by atoms with Crippen LogP contribution in [-0.2, 0) is 0 Å². The summed E-state index contributed by atoms with van der Waals surface area (Å²) in [5.41, 5.74) is 18.0. The predicted molar refractivity (Wildman–Crippen MR) is 264 cm³/mol. The van der Waals surface area contributed by atoms with Crippen LogP contribution in [0.3, 0.4) is 0 Å². The van der Waals surface area contributed by atoms with Crippen LogP contribution in [-0.4, -0.2) is 4.57 Å². The Labute approximate surface area is 366 Å². The standard InChI is InChI=1S/C60H40N2O/c1-2-12-41(13-3-1)42-24-31-49(32-25-42)61(50-33-26-43(27-34-50)45-14-10-15-46(38-45)48-30-37-56-55-20-6-9-23-59(55)63-60(56)40-48)51-35-28-44(29-36-51)47-16-11-17-52(39-47)62-57-21-7-4-18-53(57)54-19-5-8-22-58(54)62/h1-40H. The maximum absolute atomic E-state index is 6.23. The van der Waals surface area contributed by atoms with Crippen molar-refractivity contribution in [3.8, 4) is 50.2 Å². The molecule has 3 nitrogen and oxygen atoms in total. The van der Waals surface area contributed by atoms with Crippen LogP contribution in [0.2, 0.25) is 0 Å². The molecule has 0 amide bonds. The lowest BCUT2D eigenvalue weighted by Gasteiger charge is -2.26. The molecule has 0 radical (unpaired) electrons. The summed E-state index contributed by atoms with van der Waals surface area (Å²) < 4.78 is 8.61. The number of benzene rings is 10. The minimum Gasteiger partial charge on any atom is -0.456 e. The van der Waals surface area contributed by atoms with E-state index in [1.165, 1.54) is 38.5 Å². The van der Waals surface area contributed by atoms with Crippen molar-refractivity contribution in [2.45, 2.75) is 0 Å². The average Bonchev–Trinajstić information content (AvgIpc) is 3.91. The highest BCUT2D eigenvalue weighted by molar-refractivity contribution is 6.09. The van der Waals surface area contributed by atoms with Crippen molar-refractivity contribution in [1.82, 2.24) is 4.57 Å². The van der Waals surface area contributed by atoms with E-state index in [4.69, 9.17) is 4.42 Å². The van der Waals surface area contributed by atoms with Gasteiger partial charge in [-0.15, -0.1) is 0 Å². The summed E-state index contributed by atoms with van der Waals surface area (Å²) in [5.74, 6) is 0. The van der Waals surface area contributed by atoms with E-state index in [1.807, 2.05) is 12.1 Å². The lowest BCUT2D eigenvalue weighted by molar-refractivity contribution is 0.669. The molecule has 0 fully saturated rings. The highest BCUT2D eigenvalue weighted by Gasteiger charge is 2.16. The van der Waals surface area contributed by atoms with E-state index in [1.54, 1.807) is 0 Å². The van der Waals surface area contributed by atoms with Crippen molar-refractivity contribution >= 4 is 60.8 Å². The highest BCUT2D eigenvalue weighted by Crippen LogP contribution is 2.40. The van der Waals surface area contributed by atoms with Crippen molar-refractivity contribution in [1.29, 1.82) is 0 Å². The number of aromatic nitrogens is 1. The number of furan rings is 1. The third-order valence-electron chi connectivity index (χ3n) is 12.4. The third-order valence-corrected chi connectivity index (χ3v) is 12.4. The molecule has 0 aliphatic heterocycles. The first-order valence-corrected chi connectivity index (χ1v) is 21.5. The van der Waals surface area contributed by atoms with Gasteiger partial charge in [-0.3, -0.25) is 0 Å². The quantitative estimate of drug-likeness (QED) is 0.153. The zero-order chi connectivity index (χ0) is 41.7. The molecule has 0 N–H and O–H groups in total. The fourth-order valence-electron chi connectivity index (χ4n) is 9.30. The zero-order valence-electron chi connectivity index (χ0n) is 34.4. The first-order valence-electron chi connectivity index (χ1n) is 21.5.